The monoisotopic (exact) mass is 1750 g/mol. The van der Waals surface area contributed by atoms with Gasteiger partial charge in [-0.2, -0.15) is 0 Å². The van der Waals surface area contributed by atoms with Crippen molar-refractivity contribution >= 4 is 174 Å². The van der Waals surface area contributed by atoms with Gasteiger partial charge in [0.25, 0.3) is 0 Å². The van der Waals surface area contributed by atoms with Crippen LogP contribution in [0.3, 0.4) is 0 Å². The van der Waals surface area contributed by atoms with E-state index in [4.69, 9.17) is 0 Å². The maximum Gasteiger partial charge on any atom is 0.0542 e. The molecule has 29 aromatic rings. The van der Waals surface area contributed by atoms with Crippen LogP contribution in [0.15, 0.2) is 485 Å². The highest BCUT2D eigenvalue weighted by molar-refractivity contribution is 6.18. The highest BCUT2D eigenvalue weighted by Gasteiger charge is 2.36. The Bertz CT molecular complexity index is 9790. The average molecular weight is 1750 g/mol. The average Bonchev–Trinajstić information content (AvgIpc) is 1.59. The van der Waals surface area contributed by atoms with Gasteiger partial charge in [-0.05, 0) is 228 Å². The smallest absolute Gasteiger partial charge is 0.0542 e. The lowest BCUT2D eigenvalue weighted by atomic mass is 9.81. The van der Waals surface area contributed by atoms with Gasteiger partial charge in [0, 0.05) is 137 Å². The second-order valence-electron chi connectivity index (χ2n) is 37.0. The number of rotatable bonds is 9. The van der Waals surface area contributed by atoms with E-state index in [1.54, 1.807) is 0 Å². The number of hydrogen-bond donors (Lipinski definition) is 0. The van der Waals surface area contributed by atoms with Gasteiger partial charge < -0.3 is 36.5 Å². The number of hydrogen-bond acceptors (Lipinski definition) is 0. The van der Waals surface area contributed by atoms with Crippen LogP contribution >= 0.6 is 0 Å². The fourth-order valence-corrected chi connectivity index (χ4v) is 23.4. The Morgan fingerprint density at radius 1 is 0.124 bits per heavy atom. The summed E-state index contributed by atoms with van der Waals surface area (Å²) in [7, 11) is 0. The molecule has 21 aromatic carbocycles. The van der Waals surface area contributed by atoms with Crippen molar-refractivity contribution in [3.8, 4) is 67.8 Å². The molecule has 0 spiro atoms. The summed E-state index contributed by atoms with van der Waals surface area (Å²) < 4.78 is 19.2. The van der Waals surface area contributed by atoms with Crippen molar-refractivity contribution in [1.82, 2.24) is 36.5 Å². The van der Waals surface area contributed by atoms with Crippen molar-refractivity contribution in [2.75, 3.05) is 0 Å². The molecule has 0 aliphatic heterocycles. The molecule has 0 radical (unpaired) electrons. The molecule has 0 unspecified atom stereocenters. The lowest BCUT2D eigenvalue weighted by Crippen LogP contribution is -2.14. The molecule has 0 atom stereocenters. The first kappa shape index (κ1) is 77.8. The first-order chi connectivity index (χ1) is 67.8. The minimum absolute atomic E-state index is 0.0273. The van der Waals surface area contributed by atoms with Gasteiger partial charge in [-0.3, -0.25) is 0 Å². The van der Waals surface area contributed by atoms with E-state index in [1.807, 2.05) is 0 Å². The summed E-state index contributed by atoms with van der Waals surface area (Å²) in [6.45, 7) is 4.70. The van der Waals surface area contributed by atoms with Crippen LogP contribution < -0.4 is 0 Å². The van der Waals surface area contributed by atoms with Crippen LogP contribution in [0.25, 0.3) is 242 Å². The van der Waals surface area contributed by atoms with Crippen molar-refractivity contribution in [2.24, 2.45) is 0 Å². The third-order valence-electron chi connectivity index (χ3n) is 29.4. The van der Waals surface area contributed by atoms with Crippen LogP contribution in [0, 0.1) is 0 Å². The van der Waals surface area contributed by atoms with Crippen LogP contribution in [0.2, 0.25) is 0 Å². The molecule has 1 aliphatic carbocycles. The highest BCUT2D eigenvalue weighted by Crippen LogP contribution is 2.51. The molecule has 8 heteroatoms. The molecule has 0 saturated heterocycles. The Labute approximate surface area is 788 Å². The Morgan fingerprint density at radius 3 is 0.606 bits per heavy atom. The first-order valence-electron chi connectivity index (χ1n) is 47.4. The van der Waals surface area contributed by atoms with Crippen molar-refractivity contribution in [2.45, 2.75) is 19.3 Å². The fourth-order valence-electron chi connectivity index (χ4n) is 23.4. The van der Waals surface area contributed by atoms with E-state index in [2.05, 4.69) is 536 Å². The van der Waals surface area contributed by atoms with E-state index in [1.165, 1.54) is 231 Å². The van der Waals surface area contributed by atoms with Crippen LogP contribution in [0.1, 0.15) is 25.0 Å². The second-order valence-corrected chi connectivity index (χ2v) is 37.0. The highest BCUT2D eigenvalue weighted by atomic mass is 15.0. The molecule has 642 valence electrons. The van der Waals surface area contributed by atoms with Gasteiger partial charge >= 0.3 is 0 Å². The van der Waals surface area contributed by atoms with Crippen LogP contribution in [-0.4, -0.2) is 36.5 Å². The summed E-state index contributed by atoms with van der Waals surface area (Å²) in [5.41, 5.74) is 36.7. The quantitative estimate of drug-likeness (QED) is 0.138. The molecule has 0 saturated carbocycles. The minimum Gasteiger partial charge on any atom is -0.309 e. The zero-order chi connectivity index (χ0) is 90.2. The molecule has 30 rings (SSSR count). The van der Waals surface area contributed by atoms with Crippen molar-refractivity contribution in [1.29, 1.82) is 0 Å². The summed E-state index contributed by atoms with van der Waals surface area (Å²) in [6, 6.07) is 177. The molecular weight excluding hydrogens is 1660 g/mol. The Kier molecular flexibility index (Phi) is 17.3. The van der Waals surface area contributed by atoms with Gasteiger partial charge in [0.2, 0.25) is 0 Å². The zero-order valence-electron chi connectivity index (χ0n) is 75.3. The van der Waals surface area contributed by atoms with Gasteiger partial charge in [0.15, 0.2) is 0 Å². The van der Waals surface area contributed by atoms with Crippen molar-refractivity contribution in [3.63, 3.8) is 0 Å². The van der Waals surface area contributed by atoms with Gasteiger partial charge in [-0.25, -0.2) is 0 Å². The Hall–Kier alpha value is -18.0. The predicted molar refractivity (Wildman–Crippen MR) is 577 cm³/mol. The second kappa shape index (κ2) is 30.5. The van der Waals surface area contributed by atoms with E-state index in [0.29, 0.717) is 0 Å². The Balaban J connectivity index is 0.000000102. The number of fused-ring (bicyclic) bond motifs is 27. The largest absolute Gasteiger partial charge is 0.309 e. The number of para-hydroxylation sites is 13. The van der Waals surface area contributed by atoms with Crippen molar-refractivity contribution in [3.05, 3.63) is 496 Å². The third kappa shape index (κ3) is 11.9. The summed E-state index contributed by atoms with van der Waals surface area (Å²) in [6.07, 6.45) is 0. The van der Waals surface area contributed by atoms with Crippen LogP contribution in [-0.2, 0) is 5.41 Å². The molecular formula is C129H86N8. The first-order valence-corrected chi connectivity index (χ1v) is 47.4. The molecule has 0 fully saturated rings. The van der Waals surface area contributed by atoms with Gasteiger partial charge in [-0.1, -0.05) is 305 Å². The molecule has 0 amide bonds. The summed E-state index contributed by atoms with van der Waals surface area (Å²) in [5, 5.41) is 20.3. The molecule has 0 N–H and O–H groups in total. The standard InChI is InChI=1S/C45H32N2.2C42H27N3/c1-45(2)39-18-7-3-14-33(39)34-24-22-30(27-40(34)45)29-12-11-13-31(26-29)46-43-21-10-6-17-37(43)38-28-32(23-25-44(38)46)47-41-19-8-4-15-35(41)36-16-5-9-20-42(36)47;1-6-19-37-31(14-1)32-15-2-7-20-38(32)43(37)28-12-11-13-29(26-28)44-41-23-10-5-18-35(41)36-27-30(24-25-42(36)44)45-39-21-8-3-16-33(39)34-17-4-9-22-40(34)45;1-6-16-37-31(11-1)32-12-2-7-17-38(32)43(37)28-21-23-29(24-22-28)44-41-20-10-5-15-35(41)36-27-30(25-26-42(36)44)45-39-18-8-3-13-33(39)34-14-4-9-19-40(34)45/h3-28H,1-2H3;2*1-27H. The molecule has 0 bridgehead atoms. The molecule has 8 nitrogen and oxygen atoms in total. The molecule has 8 aromatic heterocycles. The van der Waals surface area contributed by atoms with Crippen LogP contribution in [0.5, 0.6) is 0 Å². The molecule has 137 heavy (non-hydrogen) atoms. The maximum atomic E-state index is 2.43. The summed E-state index contributed by atoms with van der Waals surface area (Å²) >= 11 is 0. The Morgan fingerprint density at radius 2 is 0.321 bits per heavy atom. The van der Waals surface area contributed by atoms with E-state index in [-0.39, 0.29) is 5.41 Å². The maximum absolute atomic E-state index is 2.43. The van der Waals surface area contributed by atoms with Gasteiger partial charge in [-0.15, -0.1) is 0 Å². The van der Waals surface area contributed by atoms with Crippen LogP contribution in [0.4, 0.5) is 0 Å². The fraction of sp³-hybridized carbons (Fsp3) is 0.0233. The number of benzene rings is 21. The van der Waals surface area contributed by atoms with E-state index in [0.717, 1.165) is 22.7 Å². The SMILES string of the molecule is CC1(C)c2ccccc2-c2ccc(-c3cccc(-n4c5ccccc5c5cc(-n6c7ccccc7c7ccccc76)ccc54)c3)cc21.c1cc(-n2c3ccccc3c3ccccc32)cc(-n2c3ccccc3c3cc(-n4c5ccccc5c5ccccc54)ccc32)c1.c1ccc2c(c1)c1ccccc1n2-c1ccc(-n2c3ccccc3c3cc(-n4c5ccccc5c5ccccc54)ccc32)cc1. The van der Waals surface area contributed by atoms with Crippen molar-refractivity contribution < 1.29 is 0 Å². The summed E-state index contributed by atoms with van der Waals surface area (Å²) in [5.74, 6) is 0. The number of nitrogens with zero attached hydrogens (tertiary/aromatic N) is 8. The van der Waals surface area contributed by atoms with E-state index in [9.17, 15) is 0 Å². The third-order valence-corrected chi connectivity index (χ3v) is 29.4. The zero-order valence-corrected chi connectivity index (χ0v) is 75.3. The topological polar surface area (TPSA) is 39.4 Å². The summed E-state index contributed by atoms with van der Waals surface area (Å²) in [4.78, 5) is 0. The normalized spacial score (nSPS) is 12.5. The van der Waals surface area contributed by atoms with Gasteiger partial charge in [0.1, 0.15) is 0 Å². The molecule has 8 heterocycles. The lowest BCUT2D eigenvalue weighted by molar-refractivity contribution is 0.660. The van der Waals surface area contributed by atoms with E-state index < -0.39 is 0 Å². The van der Waals surface area contributed by atoms with E-state index >= 15 is 0 Å². The van der Waals surface area contributed by atoms with Gasteiger partial charge in [0.05, 0.1) is 88.3 Å². The lowest BCUT2D eigenvalue weighted by Gasteiger charge is -2.22. The molecule has 1 aliphatic rings. The minimum atomic E-state index is -0.0273. The predicted octanol–water partition coefficient (Wildman–Crippen LogP) is 33.8. The number of aromatic nitrogens is 8.